The highest BCUT2D eigenvalue weighted by Crippen LogP contribution is 2.41. The fraction of sp³-hybridized carbons (Fsp3) is 0.286. The Morgan fingerprint density at radius 1 is 1.39 bits per heavy atom. The second kappa shape index (κ2) is 4.59. The van der Waals surface area contributed by atoms with Crippen molar-refractivity contribution in [1.82, 2.24) is 0 Å². The van der Waals surface area contributed by atoms with Gasteiger partial charge in [0.2, 0.25) is 0 Å². The first-order valence-electron chi connectivity index (χ1n) is 5.86. The quantitative estimate of drug-likeness (QED) is 0.771. The predicted molar refractivity (Wildman–Crippen MR) is 79.8 cm³/mol. The van der Waals surface area contributed by atoms with Crippen LogP contribution < -0.4 is 9.64 Å². The molecule has 0 aliphatic carbocycles. The number of fused-ring (bicyclic) bond motifs is 1. The van der Waals surface area contributed by atoms with Crippen molar-refractivity contribution >= 4 is 33.0 Å². The number of nitrogens with zero attached hydrogens (tertiary/aromatic N) is 1. The van der Waals surface area contributed by atoms with Gasteiger partial charge in [-0.2, -0.15) is 0 Å². The van der Waals surface area contributed by atoms with E-state index < -0.39 is 0 Å². The minimum absolute atomic E-state index is 0.312. The van der Waals surface area contributed by atoms with Crippen molar-refractivity contribution in [2.75, 3.05) is 18.6 Å². The largest absolute Gasteiger partial charge is 0.489 e. The molecule has 2 aromatic rings. The number of rotatable bonds is 1. The molecular formula is C14H14BrNOS. The lowest BCUT2D eigenvalue weighted by Crippen LogP contribution is -2.33. The van der Waals surface area contributed by atoms with Crippen molar-refractivity contribution in [2.24, 2.45) is 0 Å². The first kappa shape index (κ1) is 12.1. The standard InChI is InChI=1S/C14H14BrNOS/c1-9-5-6-18-14(9)12-8-17-13-4-3-10(15)7-11(13)16(12)2/h3-7,12H,8H2,1-2H3. The molecule has 1 unspecified atom stereocenters. The molecule has 3 rings (SSSR count). The van der Waals surface area contributed by atoms with Gasteiger partial charge in [-0.05, 0) is 42.1 Å². The highest BCUT2D eigenvalue weighted by molar-refractivity contribution is 9.10. The van der Waals surface area contributed by atoms with E-state index in [1.807, 2.05) is 12.1 Å². The van der Waals surface area contributed by atoms with Gasteiger partial charge in [0.25, 0.3) is 0 Å². The summed E-state index contributed by atoms with van der Waals surface area (Å²) in [6.45, 7) is 2.88. The van der Waals surface area contributed by atoms with Crippen molar-refractivity contribution in [3.05, 3.63) is 44.6 Å². The van der Waals surface area contributed by atoms with Crippen LogP contribution >= 0.6 is 27.3 Å². The zero-order chi connectivity index (χ0) is 12.7. The van der Waals surface area contributed by atoms with Crippen LogP contribution in [0, 0.1) is 6.92 Å². The van der Waals surface area contributed by atoms with Crippen LogP contribution in [0.3, 0.4) is 0 Å². The van der Waals surface area contributed by atoms with Gasteiger partial charge in [-0.1, -0.05) is 15.9 Å². The van der Waals surface area contributed by atoms with E-state index in [-0.39, 0.29) is 0 Å². The molecule has 0 radical (unpaired) electrons. The Labute approximate surface area is 119 Å². The minimum Gasteiger partial charge on any atom is -0.489 e. The molecule has 4 heteroatoms. The predicted octanol–water partition coefficient (Wildman–Crippen LogP) is 4.39. The Bertz CT molecular complexity index is 581. The average molecular weight is 324 g/mol. The summed E-state index contributed by atoms with van der Waals surface area (Å²) < 4.78 is 6.97. The smallest absolute Gasteiger partial charge is 0.142 e. The van der Waals surface area contributed by atoms with Crippen molar-refractivity contribution in [3.8, 4) is 5.75 Å². The lowest BCUT2D eigenvalue weighted by molar-refractivity contribution is 0.270. The topological polar surface area (TPSA) is 12.5 Å². The van der Waals surface area contributed by atoms with Crippen molar-refractivity contribution in [1.29, 1.82) is 0 Å². The molecule has 94 valence electrons. The summed E-state index contributed by atoms with van der Waals surface area (Å²) in [5.74, 6) is 0.964. The Morgan fingerprint density at radius 2 is 2.22 bits per heavy atom. The number of likely N-dealkylation sites (N-methyl/N-ethyl adjacent to an activating group) is 1. The van der Waals surface area contributed by atoms with Gasteiger partial charge in [-0.25, -0.2) is 0 Å². The molecule has 0 amide bonds. The van der Waals surface area contributed by atoms with Crippen molar-refractivity contribution in [3.63, 3.8) is 0 Å². The zero-order valence-corrected chi connectivity index (χ0v) is 12.7. The fourth-order valence-corrected chi connectivity index (χ4v) is 3.72. The van der Waals surface area contributed by atoms with Crippen LogP contribution in [0.15, 0.2) is 34.1 Å². The van der Waals surface area contributed by atoms with E-state index in [0.717, 1.165) is 15.9 Å². The number of hydrogen-bond donors (Lipinski definition) is 0. The summed E-state index contributed by atoms with van der Waals surface area (Å²) in [4.78, 5) is 3.70. The van der Waals surface area contributed by atoms with Crippen LogP contribution in [0.4, 0.5) is 5.69 Å². The molecule has 1 aromatic carbocycles. The normalized spacial score (nSPS) is 18.4. The van der Waals surface area contributed by atoms with Gasteiger partial charge in [0, 0.05) is 16.4 Å². The summed E-state index contributed by atoms with van der Waals surface area (Å²) in [7, 11) is 2.14. The molecule has 2 heterocycles. The third-order valence-corrected chi connectivity index (χ3v) is 4.98. The Kier molecular flexibility index (Phi) is 3.08. The van der Waals surface area contributed by atoms with E-state index in [1.54, 1.807) is 11.3 Å². The van der Waals surface area contributed by atoms with Crippen LogP contribution in [0.2, 0.25) is 0 Å². The van der Waals surface area contributed by atoms with Crippen LogP contribution in [0.1, 0.15) is 16.5 Å². The Balaban J connectivity index is 2.01. The molecule has 0 N–H and O–H groups in total. The average Bonchev–Trinajstić information content (AvgIpc) is 2.77. The first-order valence-corrected chi connectivity index (χ1v) is 7.53. The molecule has 0 saturated carbocycles. The van der Waals surface area contributed by atoms with Crippen LogP contribution in [0.25, 0.3) is 0 Å². The van der Waals surface area contributed by atoms with E-state index in [9.17, 15) is 0 Å². The second-order valence-corrected chi connectivity index (χ2v) is 6.38. The van der Waals surface area contributed by atoms with E-state index in [0.29, 0.717) is 12.6 Å². The van der Waals surface area contributed by atoms with E-state index in [4.69, 9.17) is 4.74 Å². The maximum Gasteiger partial charge on any atom is 0.142 e. The van der Waals surface area contributed by atoms with Gasteiger partial charge in [-0.3, -0.25) is 0 Å². The zero-order valence-electron chi connectivity index (χ0n) is 10.3. The van der Waals surface area contributed by atoms with Gasteiger partial charge in [0.1, 0.15) is 12.4 Å². The van der Waals surface area contributed by atoms with Gasteiger partial charge in [0.05, 0.1) is 11.7 Å². The lowest BCUT2D eigenvalue weighted by Gasteiger charge is -2.35. The molecule has 0 spiro atoms. The summed E-state index contributed by atoms with van der Waals surface area (Å²) in [6.07, 6.45) is 0. The molecule has 0 saturated heterocycles. The maximum atomic E-state index is 5.88. The molecule has 1 aromatic heterocycles. The number of aryl methyl sites for hydroxylation is 1. The van der Waals surface area contributed by atoms with Crippen LogP contribution in [0.5, 0.6) is 5.75 Å². The second-order valence-electron chi connectivity index (χ2n) is 4.52. The monoisotopic (exact) mass is 323 g/mol. The summed E-state index contributed by atoms with van der Waals surface area (Å²) in [6, 6.07) is 8.64. The fourth-order valence-electron chi connectivity index (χ4n) is 2.31. The third-order valence-electron chi connectivity index (χ3n) is 3.37. The highest BCUT2D eigenvalue weighted by Gasteiger charge is 2.27. The minimum atomic E-state index is 0.312. The Hall–Kier alpha value is -1.00. The third kappa shape index (κ3) is 1.93. The van der Waals surface area contributed by atoms with Crippen LogP contribution in [-0.2, 0) is 0 Å². The number of hydrogen-bond acceptors (Lipinski definition) is 3. The summed E-state index contributed by atoms with van der Waals surface area (Å²) >= 11 is 5.33. The molecule has 1 aliphatic rings. The SMILES string of the molecule is Cc1ccsc1C1COc2ccc(Br)cc2N1C. The van der Waals surface area contributed by atoms with Crippen molar-refractivity contribution in [2.45, 2.75) is 13.0 Å². The van der Waals surface area contributed by atoms with Crippen LogP contribution in [-0.4, -0.2) is 13.7 Å². The molecule has 0 fully saturated rings. The number of anilines is 1. The molecule has 1 atom stereocenters. The molecule has 1 aliphatic heterocycles. The molecule has 18 heavy (non-hydrogen) atoms. The summed E-state index contributed by atoms with van der Waals surface area (Å²) in [5, 5.41) is 2.15. The lowest BCUT2D eigenvalue weighted by atomic mass is 10.1. The molecular weight excluding hydrogens is 310 g/mol. The highest BCUT2D eigenvalue weighted by atomic mass is 79.9. The van der Waals surface area contributed by atoms with Gasteiger partial charge >= 0.3 is 0 Å². The van der Waals surface area contributed by atoms with E-state index in [2.05, 4.69) is 52.3 Å². The first-order chi connectivity index (χ1) is 8.66. The molecule has 2 nitrogen and oxygen atoms in total. The Morgan fingerprint density at radius 3 is 2.94 bits per heavy atom. The number of benzene rings is 1. The summed E-state index contributed by atoms with van der Waals surface area (Å²) in [5.41, 5.74) is 2.49. The van der Waals surface area contributed by atoms with E-state index in [1.165, 1.54) is 10.4 Å². The number of thiophene rings is 1. The maximum absolute atomic E-state index is 5.88. The van der Waals surface area contributed by atoms with Gasteiger partial charge < -0.3 is 9.64 Å². The van der Waals surface area contributed by atoms with Gasteiger partial charge in [0.15, 0.2) is 0 Å². The van der Waals surface area contributed by atoms with Crippen molar-refractivity contribution < 1.29 is 4.74 Å². The van der Waals surface area contributed by atoms with E-state index >= 15 is 0 Å². The van der Waals surface area contributed by atoms with Gasteiger partial charge in [-0.15, -0.1) is 11.3 Å². The molecule has 0 bridgehead atoms. The number of ether oxygens (including phenoxy) is 1. The number of halogens is 1.